The topological polar surface area (TPSA) is 70.1 Å². The van der Waals surface area contributed by atoms with Crippen molar-refractivity contribution in [1.29, 1.82) is 5.26 Å². The highest BCUT2D eigenvalue weighted by atomic mass is 16.2. The van der Waals surface area contributed by atoms with Crippen LogP contribution in [0, 0.1) is 11.3 Å². The summed E-state index contributed by atoms with van der Waals surface area (Å²) in [7, 11) is 0. The molecule has 14 heavy (non-hydrogen) atoms. The van der Waals surface area contributed by atoms with E-state index in [1.165, 1.54) is 0 Å². The summed E-state index contributed by atoms with van der Waals surface area (Å²) in [5.74, 6) is -0.0576. The minimum absolute atomic E-state index is 0.0576. The number of nitrogens with two attached hydrogens (primary N) is 1. The molecule has 80 valence electrons. The van der Waals surface area contributed by atoms with Crippen LogP contribution in [-0.4, -0.2) is 29.4 Å². The molecule has 0 aliphatic carbocycles. The second-order valence-corrected chi connectivity index (χ2v) is 3.55. The lowest BCUT2D eigenvalue weighted by molar-refractivity contribution is -0.134. The van der Waals surface area contributed by atoms with E-state index in [-0.39, 0.29) is 11.9 Å². The fourth-order valence-electron chi connectivity index (χ4n) is 1.18. The van der Waals surface area contributed by atoms with E-state index in [9.17, 15) is 4.79 Å². The normalized spacial score (nSPS) is 12.3. The predicted octanol–water partition coefficient (Wildman–Crippen LogP) is 0.874. The molecule has 1 atom stereocenters. The Bertz CT molecular complexity index is 220. The first kappa shape index (κ1) is 12.9. The van der Waals surface area contributed by atoms with Crippen molar-refractivity contribution in [2.75, 3.05) is 6.54 Å². The highest BCUT2D eigenvalue weighted by Crippen LogP contribution is 2.04. The third kappa shape index (κ3) is 3.75. The van der Waals surface area contributed by atoms with Gasteiger partial charge in [-0.25, -0.2) is 0 Å². The van der Waals surface area contributed by atoms with E-state index < -0.39 is 6.04 Å². The number of carbonyl (C=O) groups excluding carboxylic acids is 1. The molecule has 0 heterocycles. The second-order valence-electron chi connectivity index (χ2n) is 3.55. The molecular formula is C10H19N3O. The lowest BCUT2D eigenvalue weighted by Gasteiger charge is -2.28. The van der Waals surface area contributed by atoms with Crippen molar-refractivity contribution >= 4 is 5.91 Å². The van der Waals surface area contributed by atoms with Gasteiger partial charge in [0.05, 0.1) is 18.5 Å². The molecule has 0 saturated carbocycles. The molecule has 4 nitrogen and oxygen atoms in total. The molecule has 0 aromatic carbocycles. The third-order valence-corrected chi connectivity index (χ3v) is 2.13. The number of hydrogen-bond acceptors (Lipinski definition) is 3. The molecule has 0 radical (unpaired) electrons. The summed E-state index contributed by atoms with van der Waals surface area (Å²) in [4.78, 5) is 13.4. The molecular weight excluding hydrogens is 178 g/mol. The van der Waals surface area contributed by atoms with Gasteiger partial charge in [0, 0.05) is 12.6 Å². The number of nitriles is 1. The Morgan fingerprint density at radius 2 is 2.14 bits per heavy atom. The van der Waals surface area contributed by atoms with Gasteiger partial charge in [-0.05, 0) is 20.3 Å². The molecule has 0 fully saturated rings. The SMILES string of the molecule is CCC(N)C(=O)N(CCC#N)C(C)C. The van der Waals surface area contributed by atoms with Gasteiger partial charge in [-0.2, -0.15) is 5.26 Å². The number of carbonyl (C=O) groups is 1. The molecule has 0 aromatic rings. The quantitative estimate of drug-likeness (QED) is 0.711. The first-order valence-corrected chi connectivity index (χ1v) is 4.97. The van der Waals surface area contributed by atoms with Crippen LogP contribution in [0.1, 0.15) is 33.6 Å². The van der Waals surface area contributed by atoms with Crippen molar-refractivity contribution in [2.24, 2.45) is 5.73 Å². The molecule has 0 rings (SSSR count). The first-order chi connectivity index (χ1) is 6.54. The highest BCUT2D eigenvalue weighted by molar-refractivity contribution is 5.81. The molecule has 2 N–H and O–H groups in total. The van der Waals surface area contributed by atoms with E-state index in [1.807, 2.05) is 26.8 Å². The molecule has 0 aliphatic heterocycles. The Morgan fingerprint density at radius 3 is 2.50 bits per heavy atom. The monoisotopic (exact) mass is 197 g/mol. The van der Waals surface area contributed by atoms with Gasteiger partial charge in [0.1, 0.15) is 0 Å². The van der Waals surface area contributed by atoms with Crippen LogP contribution in [-0.2, 0) is 4.79 Å². The van der Waals surface area contributed by atoms with E-state index in [4.69, 9.17) is 11.0 Å². The van der Waals surface area contributed by atoms with E-state index >= 15 is 0 Å². The molecule has 0 aliphatic rings. The van der Waals surface area contributed by atoms with Crippen LogP contribution >= 0.6 is 0 Å². The minimum Gasteiger partial charge on any atom is -0.338 e. The molecule has 0 aromatic heterocycles. The van der Waals surface area contributed by atoms with Crippen molar-refractivity contribution in [3.63, 3.8) is 0 Å². The van der Waals surface area contributed by atoms with Crippen molar-refractivity contribution < 1.29 is 4.79 Å². The zero-order valence-corrected chi connectivity index (χ0v) is 9.16. The number of nitrogens with zero attached hydrogens (tertiary/aromatic N) is 2. The van der Waals surface area contributed by atoms with Gasteiger partial charge >= 0.3 is 0 Å². The Balaban J connectivity index is 4.34. The van der Waals surface area contributed by atoms with Crippen LogP contribution in [0.15, 0.2) is 0 Å². The van der Waals surface area contributed by atoms with E-state index in [1.54, 1.807) is 4.90 Å². The lowest BCUT2D eigenvalue weighted by atomic mass is 10.1. The average molecular weight is 197 g/mol. The van der Waals surface area contributed by atoms with Crippen LogP contribution in [0.25, 0.3) is 0 Å². The van der Waals surface area contributed by atoms with Crippen LogP contribution in [0.4, 0.5) is 0 Å². The van der Waals surface area contributed by atoms with Gasteiger partial charge in [-0.3, -0.25) is 4.79 Å². The molecule has 0 bridgehead atoms. The van der Waals surface area contributed by atoms with Gasteiger partial charge < -0.3 is 10.6 Å². The van der Waals surface area contributed by atoms with Crippen LogP contribution in [0.2, 0.25) is 0 Å². The summed E-state index contributed by atoms with van der Waals surface area (Å²) in [5.41, 5.74) is 5.65. The van der Waals surface area contributed by atoms with Crippen LogP contribution < -0.4 is 5.73 Å². The summed E-state index contributed by atoms with van der Waals surface area (Å²) in [6.07, 6.45) is 0.995. The fraction of sp³-hybridized carbons (Fsp3) is 0.800. The van der Waals surface area contributed by atoms with Crippen LogP contribution in [0.3, 0.4) is 0 Å². The van der Waals surface area contributed by atoms with E-state index in [0.717, 1.165) is 0 Å². The number of hydrogen-bond donors (Lipinski definition) is 1. The van der Waals surface area contributed by atoms with Crippen molar-refractivity contribution in [3.8, 4) is 6.07 Å². The minimum atomic E-state index is -0.434. The maximum atomic E-state index is 11.7. The summed E-state index contributed by atoms with van der Waals surface area (Å²) in [6, 6.07) is 1.70. The maximum Gasteiger partial charge on any atom is 0.239 e. The lowest BCUT2D eigenvalue weighted by Crippen LogP contribution is -2.47. The summed E-state index contributed by atoms with van der Waals surface area (Å²) in [5, 5.41) is 8.46. The third-order valence-electron chi connectivity index (χ3n) is 2.13. The second kappa shape index (κ2) is 6.39. The van der Waals surface area contributed by atoms with E-state index in [0.29, 0.717) is 19.4 Å². The smallest absolute Gasteiger partial charge is 0.239 e. The highest BCUT2D eigenvalue weighted by Gasteiger charge is 2.21. The Morgan fingerprint density at radius 1 is 1.57 bits per heavy atom. The Hall–Kier alpha value is -1.08. The van der Waals surface area contributed by atoms with Gasteiger partial charge in [0.2, 0.25) is 5.91 Å². The largest absolute Gasteiger partial charge is 0.338 e. The zero-order chi connectivity index (χ0) is 11.1. The zero-order valence-electron chi connectivity index (χ0n) is 9.16. The van der Waals surface area contributed by atoms with E-state index in [2.05, 4.69) is 0 Å². The van der Waals surface area contributed by atoms with Crippen molar-refractivity contribution in [3.05, 3.63) is 0 Å². The van der Waals surface area contributed by atoms with Gasteiger partial charge in [-0.1, -0.05) is 6.92 Å². The average Bonchev–Trinajstić information content (AvgIpc) is 2.16. The summed E-state index contributed by atoms with van der Waals surface area (Å²) in [6.45, 7) is 6.21. The molecule has 1 amide bonds. The first-order valence-electron chi connectivity index (χ1n) is 4.97. The van der Waals surface area contributed by atoms with Gasteiger partial charge in [0.25, 0.3) is 0 Å². The summed E-state index contributed by atoms with van der Waals surface area (Å²) < 4.78 is 0. The molecule has 4 heteroatoms. The predicted molar refractivity (Wildman–Crippen MR) is 55.3 cm³/mol. The summed E-state index contributed by atoms with van der Waals surface area (Å²) >= 11 is 0. The van der Waals surface area contributed by atoms with Gasteiger partial charge in [0.15, 0.2) is 0 Å². The van der Waals surface area contributed by atoms with Gasteiger partial charge in [-0.15, -0.1) is 0 Å². The number of amides is 1. The number of rotatable bonds is 5. The molecule has 1 unspecified atom stereocenters. The standard InChI is InChI=1S/C10H19N3O/c1-4-9(12)10(14)13(8(2)3)7-5-6-11/h8-9H,4-5,7,12H2,1-3H3. The molecule has 0 saturated heterocycles. The fourth-order valence-corrected chi connectivity index (χ4v) is 1.18. The molecule has 0 spiro atoms. The Labute approximate surface area is 85.7 Å². The van der Waals surface area contributed by atoms with Crippen molar-refractivity contribution in [2.45, 2.75) is 45.7 Å². The van der Waals surface area contributed by atoms with Crippen LogP contribution in [0.5, 0.6) is 0 Å². The van der Waals surface area contributed by atoms with Crippen molar-refractivity contribution in [1.82, 2.24) is 4.90 Å². The maximum absolute atomic E-state index is 11.7. The Kier molecular flexibility index (Phi) is 5.89.